The van der Waals surface area contributed by atoms with Gasteiger partial charge in [-0.1, -0.05) is 12.6 Å². The third-order valence-electron chi connectivity index (χ3n) is 7.14. The number of nitrogens with one attached hydrogen (secondary N) is 2. The van der Waals surface area contributed by atoms with E-state index in [1.54, 1.807) is 12.1 Å². The summed E-state index contributed by atoms with van der Waals surface area (Å²) in [6.45, 7) is 5.01. The fraction of sp³-hybridized carbons (Fsp3) is 0.385. The van der Waals surface area contributed by atoms with E-state index in [-0.39, 0.29) is 41.4 Å². The average Bonchev–Trinajstić information content (AvgIpc) is 3.59. The number of carbonyl (C=O) groups is 2. The molecule has 5 rings (SSSR count). The predicted octanol–water partition coefficient (Wildman–Crippen LogP) is 2.09. The summed E-state index contributed by atoms with van der Waals surface area (Å²) in [7, 11) is -3.65. The van der Waals surface area contributed by atoms with Crippen LogP contribution in [-0.2, 0) is 21.2 Å². The van der Waals surface area contributed by atoms with Gasteiger partial charge >= 0.3 is 0 Å². The quantitative estimate of drug-likeness (QED) is 0.525. The number of amides is 2. The van der Waals surface area contributed by atoms with Gasteiger partial charge in [-0.15, -0.1) is 0 Å². The highest BCUT2D eigenvalue weighted by Gasteiger charge is 2.45. The SMILES string of the molecule is C=CC(=O)NC1CC2CN(S(=O)(=O)c3ccc(C(=O)NCCc4ccc5c(c4)OCO5)cc3)CC2C1. The zero-order valence-corrected chi connectivity index (χ0v) is 20.6. The molecule has 2 unspecified atom stereocenters. The smallest absolute Gasteiger partial charge is 0.251 e. The lowest BCUT2D eigenvalue weighted by atomic mass is 10.0. The van der Waals surface area contributed by atoms with Gasteiger partial charge in [-0.3, -0.25) is 9.59 Å². The normalized spacial score (nSPS) is 22.7. The fourth-order valence-corrected chi connectivity index (χ4v) is 6.83. The second-order valence-electron chi connectivity index (χ2n) is 9.44. The first-order valence-corrected chi connectivity index (χ1v) is 13.5. The molecule has 2 aliphatic heterocycles. The van der Waals surface area contributed by atoms with Crippen LogP contribution in [0.25, 0.3) is 0 Å². The van der Waals surface area contributed by atoms with Gasteiger partial charge in [0.25, 0.3) is 5.91 Å². The largest absolute Gasteiger partial charge is 0.454 e. The molecule has 3 aliphatic rings. The summed E-state index contributed by atoms with van der Waals surface area (Å²) in [5, 5.41) is 5.79. The average molecular weight is 512 g/mol. The van der Waals surface area contributed by atoms with Crippen LogP contribution in [-0.4, -0.2) is 57.0 Å². The van der Waals surface area contributed by atoms with Crippen LogP contribution in [0.3, 0.4) is 0 Å². The molecule has 1 saturated carbocycles. The van der Waals surface area contributed by atoms with Crippen molar-refractivity contribution in [1.82, 2.24) is 14.9 Å². The molecule has 1 saturated heterocycles. The maximum absolute atomic E-state index is 13.2. The van der Waals surface area contributed by atoms with E-state index in [0.717, 1.165) is 24.2 Å². The Morgan fingerprint density at radius 1 is 1.03 bits per heavy atom. The topological polar surface area (TPSA) is 114 Å². The zero-order valence-electron chi connectivity index (χ0n) is 19.8. The van der Waals surface area contributed by atoms with E-state index in [1.807, 2.05) is 18.2 Å². The van der Waals surface area contributed by atoms with Gasteiger partial charge in [0.2, 0.25) is 22.7 Å². The minimum absolute atomic E-state index is 0.0678. The lowest BCUT2D eigenvalue weighted by molar-refractivity contribution is -0.117. The van der Waals surface area contributed by atoms with Crippen molar-refractivity contribution >= 4 is 21.8 Å². The van der Waals surface area contributed by atoms with Crippen LogP contribution < -0.4 is 20.1 Å². The maximum atomic E-state index is 13.2. The summed E-state index contributed by atoms with van der Waals surface area (Å²) in [5.74, 6) is 1.42. The molecule has 0 bridgehead atoms. The molecule has 0 radical (unpaired) electrons. The molecule has 2 aromatic carbocycles. The molecular formula is C26H29N3O6S. The Hall–Kier alpha value is -3.37. The standard InChI is InChI=1S/C26H29N3O6S/c1-2-25(30)28-21-12-19-14-29(15-20(19)13-21)36(32,33)22-6-4-18(5-7-22)26(31)27-10-9-17-3-8-23-24(11-17)35-16-34-23/h2-8,11,19-21H,1,9-10,12-16H2,(H,27,31)(H,28,30). The zero-order chi connectivity index (χ0) is 25.3. The molecule has 9 nitrogen and oxygen atoms in total. The third kappa shape index (κ3) is 4.96. The van der Waals surface area contributed by atoms with Crippen LogP contribution >= 0.6 is 0 Å². The molecule has 2 aromatic rings. The Morgan fingerprint density at radius 3 is 2.42 bits per heavy atom. The lowest BCUT2D eigenvalue weighted by Gasteiger charge is -2.19. The van der Waals surface area contributed by atoms with E-state index in [4.69, 9.17) is 9.47 Å². The number of nitrogens with zero attached hydrogens (tertiary/aromatic N) is 1. The summed E-state index contributed by atoms with van der Waals surface area (Å²) in [6, 6.07) is 11.8. The van der Waals surface area contributed by atoms with Gasteiger partial charge < -0.3 is 20.1 Å². The Bertz CT molecular complexity index is 1260. The Balaban J connectivity index is 1.13. The number of sulfonamides is 1. The first-order valence-electron chi connectivity index (χ1n) is 12.0. The lowest BCUT2D eigenvalue weighted by Crippen LogP contribution is -2.35. The van der Waals surface area contributed by atoms with E-state index in [1.165, 1.54) is 22.5 Å². The van der Waals surface area contributed by atoms with E-state index in [2.05, 4.69) is 17.2 Å². The highest BCUT2D eigenvalue weighted by Crippen LogP contribution is 2.40. The molecule has 2 N–H and O–H groups in total. The van der Waals surface area contributed by atoms with Crippen LogP contribution in [0.2, 0.25) is 0 Å². The molecular weight excluding hydrogens is 482 g/mol. The van der Waals surface area contributed by atoms with Gasteiger partial charge in [0, 0.05) is 31.2 Å². The summed E-state index contributed by atoms with van der Waals surface area (Å²) in [4.78, 5) is 24.3. The molecule has 0 aromatic heterocycles. The molecule has 1 aliphatic carbocycles. The van der Waals surface area contributed by atoms with Crippen molar-refractivity contribution in [2.75, 3.05) is 26.4 Å². The first-order chi connectivity index (χ1) is 17.3. The highest BCUT2D eigenvalue weighted by molar-refractivity contribution is 7.89. The molecule has 36 heavy (non-hydrogen) atoms. The molecule has 2 fully saturated rings. The number of carbonyl (C=O) groups excluding carboxylic acids is 2. The monoisotopic (exact) mass is 511 g/mol. The number of fused-ring (bicyclic) bond motifs is 2. The van der Waals surface area contributed by atoms with Gasteiger partial charge in [-0.2, -0.15) is 4.31 Å². The van der Waals surface area contributed by atoms with Crippen molar-refractivity contribution in [3.05, 3.63) is 66.2 Å². The summed E-state index contributed by atoms with van der Waals surface area (Å²) >= 11 is 0. The molecule has 0 spiro atoms. The van der Waals surface area contributed by atoms with Crippen LogP contribution in [0.4, 0.5) is 0 Å². The van der Waals surface area contributed by atoms with E-state index >= 15 is 0 Å². The van der Waals surface area contributed by atoms with E-state index < -0.39 is 10.0 Å². The van der Waals surface area contributed by atoms with Gasteiger partial charge in [0.05, 0.1) is 4.90 Å². The summed E-state index contributed by atoms with van der Waals surface area (Å²) in [6.07, 6.45) is 3.42. The van der Waals surface area contributed by atoms with Crippen molar-refractivity contribution in [2.24, 2.45) is 11.8 Å². The van der Waals surface area contributed by atoms with Gasteiger partial charge in [-0.05, 0) is 79.1 Å². The van der Waals surface area contributed by atoms with Crippen LogP contribution in [0.5, 0.6) is 11.5 Å². The Morgan fingerprint density at radius 2 is 1.72 bits per heavy atom. The number of hydrogen-bond donors (Lipinski definition) is 2. The maximum Gasteiger partial charge on any atom is 0.251 e. The fourth-order valence-electron chi connectivity index (χ4n) is 5.28. The van der Waals surface area contributed by atoms with E-state index in [0.29, 0.717) is 37.4 Å². The number of ether oxygens (including phenoxy) is 2. The molecule has 2 atom stereocenters. The van der Waals surface area contributed by atoms with Gasteiger partial charge in [-0.25, -0.2) is 8.42 Å². The minimum Gasteiger partial charge on any atom is -0.454 e. The van der Waals surface area contributed by atoms with Gasteiger partial charge in [0.15, 0.2) is 11.5 Å². The molecule has 2 heterocycles. The number of hydrogen-bond acceptors (Lipinski definition) is 6. The summed E-state index contributed by atoms with van der Waals surface area (Å²) in [5.41, 5.74) is 1.42. The third-order valence-corrected chi connectivity index (χ3v) is 8.99. The van der Waals surface area contributed by atoms with Crippen LogP contribution in [0.15, 0.2) is 60.0 Å². The molecule has 190 valence electrons. The van der Waals surface area contributed by atoms with Crippen molar-refractivity contribution in [3.8, 4) is 11.5 Å². The molecule has 10 heteroatoms. The van der Waals surface area contributed by atoms with Crippen LogP contribution in [0, 0.1) is 11.8 Å². The second-order valence-corrected chi connectivity index (χ2v) is 11.4. The highest BCUT2D eigenvalue weighted by atomic mass is 32.2. The van der Waals surface area contributed by atoms with Crippen molar-refractivity contribution in [1.29, 1.82) is 0 Å². The predicted molar refractivity (Wildman–Crippen MR) is 132 cm³/mol. The first kappa shape index (κ1) is 24.3. The minimum atomic E-state index is -3.65. The Kier molecular flexibility index (Phi) is 6.72. The van der Waals surface area contributed by atoms with Crippen molar-refractivity contribution in [2.45, 2.75) is 30.2 Å². The van der Waals surface area contributed by atoms with E-state index in [9.17, 15) is 18.0 Å². The van der Waals surface area contributed by atoms with Crippen molar-refractivity contribution in [3.63, 3.8) is 0 Å². The van der Waals surface area contributed by atoms with Crippen molar-refractivity contribution < 1.29 is 27.5 Å². The summed E-state index contributed by atoms with van der Waals surface area (Å²) < 4.78 is 38.6. The second kappa shape index (κ2) is 9.94. The van der Waals surface area contributed by atoms with Crippen LogP contribution in [0.1, 0.15) is 28.8 Å². The van der Waals surface area contributed by atoms with Gasteiger partial charge in [0.1, 0.15) is 0 Å². The Labute approximate surface area is 210 Å². The molecule has 2 amide bonds. The number of benzene rings is 2. The number of rotatable bonds is 8.